The van der Waals surface area contributed by atoms with Gasteiger partial charge >= 0.3 is 0 Å². The Bertz CT molecular complexity index is 375. The molecule has 20 heavy (non-hydrogen) atoms. The van der Waals surface area contributed by atoms with Gasteiger partial charge in [-0.1, -0.05) is 13.3 Å². The van der Waals surface area contributed by atoms with Crippen LogP contribution in [0.5, 0.6) is 0 Å². The average molecular weight is 275 g/mol. The molecule has 2 saturated heterocycles. The summed E-state index contributed by atoms with van der Waals surface area (Å²) in [6.45, 7) is 4.73. The molecule has 3 heteroatoms. The molecule has 0 amide bonds. The maximum Gasteiger partial charge on any atom is 0.0672 e. The Morgan fingerprint density at radius 2 is 1.90 bits per heavy atom. The maximum absolute atomic E-state index is 9.52. The van der Waals surface area contributed by atoms with Crippen LogP contribution in [0.15, 0.2) is 0 Å². The van der Waals surface area contributed by atoms with Crippen LogP contribution >= 0.6 is 0 Å². The average Bonchev–Trinajstić information content (AvgIpc) is 2.71. The molecule has 0 aromatic heterocycles. The maximum atomic E-state index is 9.52. The number of likely N-dealkylation sites (tertiary alicyclic amines) is 1. The zero-order valence-electron chi connectivity index (χ0n) is 13.1. The molecule has 0 aromatic rings. The highest BCUT2D eigenvalue weighted by Crippen LogP contribution is 2.37. The van der Waals surface area contributed by atoms with Gasteiger partial charge in [0.15, 0.2) is 0 Å². The summed E-state index contributed by atoms with van der Waals surface area (Å²) in [4.78, 5) is 5.30. The number of likely N-dealkylation sites (N-methyl/N-ethyl adjacent to an activating group) is 1. The summed E-state index contributed by atoms with van der Waals surface area (Å²) < 4.78 is 0. The molecule has 2 bridgehead atoms. The monoisotopic (exact) mass is 275 g/mol. The van der Waals surface area contributed by atoms with Crippen molar-refractivity contribution in [2.45, 2.75) is 70.0 Å². The molecule has 0 radical (unpaired) electrons. The van der Waals surface area contributed by atoms with E-state index in [-0.39, 0.29) is 5.92 Å². The molecule has 2 aliphatic heterocycles. The minimum Gasteiger partial charge on any atom is -0.299 e. The molecule has 1 saturated carbocycles. The Morgan fingerprint density at radius 1 is 1.10 bits per heavy atom. The third-order valence-electron chi connectivity index (χ3n) is 6.32. The molecule has 1 aliphatic carbocycles. The lowest BCUT2D eigenvalue weighted by Crippen LogP contribution is -2.47. The van der Waals surface area contributed by atoms with Crippen LogP contribution in [0.25, 0.3) is 0 Å². The lowest BCUT2D eigenvalue weighted by Gasteiger charge is -2.41. The Kier molecular flexibility index (Phi) is 4.33. The van der Waals surface area contributed by atoms with Crippen LogP contribution in [-0.2, 0) is 0 Å². The Balaban J connectivity index is 1.71. The second-order valence-electron chi connectivity index (χ2n) is 7.22. The molecule has 3 rings (SSSR count). The summed E-state index contributed by atoms with van der Waals surface area (Å²) >= 11 is 0. The summed E-state index contributed by atoms with van der Waals surface area (Å²) in [6.07, 6.45) is 8.99. The standard InChI is InChI=1S/C17H29N3/c1-3-13-4-5-14(11-18)17(10-13)20-9-8-15-6-7-16(12-20)19(15)2/h13-17H,3-10,12H2,1-2H3. The van der Waals surface area contributed by atoms with Gasteiger partial charge in [-0.2, -0.15) is 5.26 Å². The van der Waals surface area contributed by atoms with E-state index >= 15 is 0 Å². The summed E-state index contributed by atoms with van der Waals surface area (Å²) in [5, 5.41) is 9.52. The predicted octanol–water partition coefficient (Wildman–Crippen LogP) is 2.87. The van der Waals surface area contributed by atoms with Gasteiger partial charge in [0.2, 0.25) is 0 Å². The zero-order chi connectivity index (χ0) is 14.1. The smallest absolute Gasteiger partial charge is 0.0672 e. The van der Waals surface area contributed by atoms with Crippen molar-refractivity contribution in [3.8, 4) is 6.07 Å². The molecule has 5 atom stereocenters. The molecule has 3 nitrogen and oxygen atoms in total. The molecule has 3 aliphatic rings. The highest BCUT2D eigenvalue weighted by atomic mass is 15.3. The second-order valence-corrected chi connectivity index (χ2v) is 7.22. The van der Waals surface area contributed by atoms with E-state index < -0.39 is 0 Å². The summed E-state index contributed by atoms with van der Waals surface area (Å²) in [5.41, 5.74) is 0. The summed E-state index contributed by atoms with van der Waals surface area (Å²) in [7, 11) is 2.31. The van der Waals surface area contributed by atoms with Crippen molar-refractivity contribution in [2.24, 2.45) is 11.8 Å². The minimum atomic E-state index is 0.278. The van der Waals surface area contributed by atoms with Crippen LogP contribution in [0, 0.1) is 23.2 Å². The lowest BCUT2D eigenvalue weighted by atomic mass is 9.77. The highest BCUT2D eigenvalue weighted by molar-refractivity contribution is 5.00. The fourth-order valence-corrected chi connectivity index (χ4v) is 4.79. The van der Waals surface area contributed by atoms with Gasteiger partial charge in [-0.3, -0.25) is 9.80 Å². The quantitative estimate of drug-likeness (QED) is 0.776. The number of nitrogens with zero attached hydrogens (tertiary/aromatic N) is 3. The normalized spacial score (nSPS) is 43.1. The molecule has 0 N–H and O–H groups in total. The third-order valence-corrected chi connectivity index (χ3v) is 6.32. The van der Waals surface area contributed by atoms with Crippen LogP contribution in [0.2, 0.25) is 0 Å². The van der Waals surface area contributed by atoms with Crippen molar-refractivity contribution in [1.82, 2.24) is 9.80 Å². The van der Waals surface area contributed by atoms with Crippen molar-refractivity contribution in [2.75, 3.05) is 20.1 Å². The van der Waals surface area contributed by atoms with E-state index in [4.69, 9.17) is 0 Å². The molecule has 0 spiro atoms. The van der Waals surface area contributed by atoms with Crippen molar-refractivity contribution in [3.63, 3.8) is 0 Å². The summed E-state index contributed by atoms with van der Waals surface area (Å²) in [6, 6.07) is 4.69. The van der Waals surface area contributed by atoms with E-state index in [2.05, 4.69) is 29.8 Å². The number of hydrogen-bond acceptors (Lipinski definition) is 3. The number of nitriles is 1. The largest absolute Gasteiger partial charge is 0.299 e. The van der Waals surface area contributed by atoms with Crippen molar-refractivity contribution in [3.05, 3.63) is 0 Å². The zero-order valence-corrected chi connectivity index (χ0v) is 13.1. The van der Waals surface area contributed by atoms with Gasteiger partial charge in [0.25, 0.3) is 0 Å². The van der Waals surface area contributed by atoms with Crippen molar-refractivity contribution < 1.29 is 0 Å². The van der Waals surface area contributed by atoms with Gasteiger partial charge in [0.1, 0.15) is 0 Å². The highest BCUT2D eigenvalue weighted by Gasteiger charge is 2.40. The van der Waals surface area contributed by atoms with Crippen LogP contribution in [0.3, 0.4) is 0 Å². The van der Waals surface area contributed by atoms with Crippen LogP contribution in [0.4, 0.5) is 0 Å². The van der Waals surface area contributed by atoms with Gasteiger partial charge in [-0.05, 0) is 51.5 Å². The molecule has 3 fully saturated rings. The van der Waals surface area contributed by atoms with Gasteiger partial charge in [0.05, 0.1) is 12.0 Å². The van der Waals surface area contributed by atoms with Crippen molar-refractivity contribution >= 4 is 0 Å². The van der Waals surface area contributed by atoms with E-state index in [9.17, 15) is 5.26 Å². The molecule has 112 valence electrons. The number of rotatable bonds is 2. The van der Waals surface area contributed by atoms with Crippen LogP contribution < -0.4 is 0 Å². The molecular formula is C17H29N3. The minimum absolute atomic E-state index is 0.278. The van der Waals surface area contributed by atoms with E-state index in [1.807, 2.05) is 0 Å². The molecular weight excluding hydrogens is 246 g/mol. The first-order valence-corrected chi connectivity index (χ1v) is 8.58. The topological polar surface area (TPSA) is 30.3 Å². The second kappa shape index (κ2) is 6.03. The molecule has 2 heterocycles. The first-order chi connectivity index (χ1) is 9.72. The van der Waals surface area contributed by atoms with Gasteiger partial charge in [-0.25, -0.2) is 0 Å². The van der Waals surface area contributed by atoms with Gasteiger partial charge < -0.3 is 0 Å². The summed E-state index contributed by atoms with van der Waals surface area (Å²) in [5.74, 6) is 1.13. The first kappa shape index (κ1) is 14.4. The Hall–Kier alpha value is -0.590. The van der Waals surface area contributed by atoms with E-state index in [0.717, 1.165) is 24.4 Å². The lowest BCUT2D eigenvalue weighted by molar-refractivity contribution is 0.0902. The molecule has 0 aromatic carbocycles. The number of fused-ring (bicyclic) bond motifs is 2. The Labute approximate surface area is 123 Å². The third kappa shape index (κ3) is 2.61. The first-order valence-electron chi connectivity index (χ1n) is 8.58. The predicted molar refractivity (Wildman–Crippen MR) is 81.3 cm³/mol. The number of hydrogen-bond donors (Lipinski definition) is 0. The van der Waals surface area contributed by atoms with E-state index in [0.29, 0.717) is 6.04 Å². The van der Waals surface area contributed by atoms with E-state index in [1.54, 1.807) is 0 Å². The van der Waals surface area contributed by atoms with Crippen molar-refractivity contribution in [1.29, 1.82) is 5.26 Å². The molecule has 5 unspecified atom stereocenters. The van der Waals surface area contributed by atoms with Crippen LogP contribution in [0.1, 0.15) is 51.9 Å². The van der Waals surface area contributed by atoms with Gasteiger partial charge in [0, 0.05) is 31.2 Å². The fraction of sp³-hybridized carbons (Fsp3) is 0.941. The SMILES string of the molecule is CCC1CCC(C#N)C(N2CCC3CCC(C2)N3C)C1. The van der Waals surface area contributed by atoms with Crippen LogP contribution in [-0.4, -0.2) is 48.1 Å². The van der Waals surface area contributed by atoms with E-state index in [1.165, 1.54) is 51.6 Å². The Morgan fingerprint density at radius 3 is 2.65 bits per heavy atom. The van der Waals surface area contributed by atoms with Gasteiger partial charge in [-0.15, -0.1) is 0 Å². The fourth-order valence-electron chi connectivity index (χ4n) is 4.79.